The number of aryl methyl sites for hydroxylation is 1. The fourth-order valence-corrected chi connectivity index (χ4v) is 5.59. The molecule has 3 unspecified atom stereocenters. The third kappa shape index (κ3) is 7.10. The molecule has 39 heavy (non-hydrogen) atoms. The van der Waals surface area contributed by atoms with Crippen LogP contribution < -0.4 is 10.6 Å². The van der Waals surface area contributed by atoms with Crippen LogP contribution in [0.4, 0.5) is 0 Å². The second kappa shape index (κ2) is 12.1. The van der Waals surface area contributed by atoms with Gasteiger partial charge in [0.2, 0.25) is 17.7 Å². The first-order valence-corrected chi connectivity index (χ1v) is 14.0. The summed E-state index contributed by atoms with van der Waals surface area (Å²) in [6.07, 6.45) is -0.517. The summed E-state index contributed by atoms with van der Waals surface area (Å²) in [5, 5.41) is 16.2. The number of likely N-dealkylation sites (tertiary alicyclic amines) is 1. The number of thiazole rings is 1. The van der Waals surface area contributed by atoms with Crippen molar-refractivity contribution in [2.24, 2.45) is 5.41 Å². The highest BCUT2D eigenvalue weighted by Gasteiger charge is 2.44. The molecule has 3 aromatic rings. The van der Waals surface area contributed by atoms with Crippen LogP contribution in [-0.2, 0) is 27.3 Å². The minimum Gasteiger partial charge on any atom is -0.391 e. The van der Waals surface area contributed by atoms with Crippen molar-refractivity contribution in [3.05, 3.63) is 76.9 Å². The van der Waals surface area contributed by atoms with Crippen molar-refractivity contribution in [3.8, 4) is 10.4 Å². The van der Waals surface area contributed by atoms with Gasteiger partial charge in [0.1, 0.15) is 12.1 Å². The number of benzene rings is 2. The highest BCUT2D eigenvalue weighted by atomic mass is 32.1. The van der Waals surface area contributed by atoms with Gasteiger partial charge in [0.25, 0.3) is 0 Å². The highest BCUT2D eigenvalue weighted by molar-refractivity contribution is 7.13. The quantitative estimate of drug-likeness (QED) is 0.399. The Hall–Kier alpha value is -3.56. The molecule has 2 heterocycles. The standard InChI is InChI=1S/C30H36N4O4S/c1-19-26(39-18-32-19)22-12-10-21(11-13-22)16-31-28(37)24-15-23(35)17-34(24)29(38)27(30(2,3)4)33-25(36)14-20-8-6-5-7-9-20/h5-13,18,23-24,27,35H,14-17H2,1-4H3,(H,31,37)(H,33,36). The fraction of sp³-hybridized carbons (Fsp3) is 0.400. The second-order valence-electron chi connectivity index (χ2n) is 11.1. The number of carbonyl (C=O) groups is 3. The van der Waals surface area contributed by atoms with E-state index in [9.17, 15) is 19.5 Å². The molecule has 0 aliphatic carbocycles. The van der Waals surface area contributed by atoms with Crippen LogP contribution in [0.1, 0.15) is 44.0 Å². The lowest BCUT2D eigenvalue weighted by Gasteiger charge is -2.35. The predicted molar refractivity (Wildman–Crippen MR) is 152 cm³/mol. The second-order valence-corrected chi connectivity index (χ2v) is 12.0. The third-order valence-corrected chi connectivity index (χ3v) is 7.90. The number of hydrogen-bond acceptors (Lipinski definition) is 6. The van der Waals surface area contributed by atoms with Crippen LogP contribution in [-0.4, -0.2) is 57.4 Å². The summed E-state index contributed by atoms with van der Waals surface area (Å²) in [7, 11) is 0. The number of aliphatic hydroxyl groups is 1. The summed E-state index contributed by atoms with van der Waals surface area (Å²) < 4.78 is 0. The zero-order chi connectivity index (χ0) is 28.2. The van der Waals surface area contributed by atoms with Crippen LogP contribution in [0.3, 0.4) is 0 Å². The summed E-state index contributed by atoms with van der Waals surface area (Å²) in [6, 6.07) is 15.6. The van der Waals surface area contributed by atoms with Gasteiger partial charge >= 0.3 is 0 Å². The van der Waals surface area contributed by atoms with E-state index in [0.717, 1.165) is 27.3 Å². The lowest BCUT2D eigenvalue weighted by molar-refractivity contribution is -0.144. The molecule has 1 aliphatic heterocycles. The van der Waals surface area contributed by atoms with Gasteiger partial charge in [-0.05, 0) is 29.0 Å². The van der Waals surface area contributed by atoms with E-state index >= 15 is 0 Å². The summed E-state index contributed by atoms with van der Waals surface area (Å²) in [5.41, 5.74) is 5.04. The van der Waals surface area contributed by atoms with E-state index in [1.165, 1.54) is 4.90 Å². The zero-order valence-corrected chi connectivity index (χ0v) is 23.6. The van der Waals surface area contributed by atoms with E-state index in [0.29, 0.717) is 6.54 Å². The predicted octanol–water partition coefficient (Wildman–Crippen LogP) is 3.47. The van der Waals surface area contributed by atoms with Crippen LogP contribution >= 0.6 is 11.3 Å². The average molecular weight is 549 g/mol. The average Bonchev–Trinajstić information content (AvgIpc) is 3.51. The minimum absolute atomic E-state index is 0.0426. The van der Waals surface area contributed by atoms with E-state index < -0.39 is 23.6 Å². The molecule has 3 atom stereocenters. The molecule has 3 N–H and O–H groups in total. The normalized spacial score (nSPS) is 18.0. The maximum Gasteiger partial charge on any atom is 0.246 e. The molecule has 0 bridgehead atoms. The molecule has 0 spiro atoms. The van der Waals surface area contributed by atoms with E-state index in [4.69, 9.17) is 0 Å². The molecule has 1 saturated heterocycles. The summed E-state index contributed by atoms with van der Waals surface area (Å²) in [5.74, 6) is -0.970. The monoisotopic (exact) mass is 548 g/mol. The van der Waals surface area contributed by atoms with Gasteiger partial charge in [-0.2, -0.15) is 0 Å². The summed E-state index contributed by atoms with van der Waals surface area (Å²) in [6.45, 7) is 7.93. The molecular formula is C30H36N4O4S. The smallest absolute Gasteiger partial charge is 0.246 e. The fourth-order valence-electron chi connectivity index (χ4n) is 4.77. The zero-order valence-electron chi connectivity index (χ0n) is 22.8. The number of aliphatic hydroxyl groups excluding tert-OH is 1. The third-order valence-electron chi connectivity index (χ3n) is 6.92. The Morgan fingerprint density at radius 3 is 2.38 bits per heavy atom. The van der Waals surface area contributed by atoms with Gasteiger partial charge in [-0.25, -0.2) is 4.98 Å². The number of aromatic nitrogens is 1. The Bertz CT molecular complexity index is 1300. The van der Waals surface area contributed by atoms with Crippen LogP contribution in [0.15, 0.2) is 60.1 Å². The van der Waals surface area contributed by atoms with Gasteiger partial charge in [0.05, 0.1) is 28.6 Å². The van der Waals surface area contributed by atoms with Gasteiger partial charge in [0.15, 0.2) is 0 Å². The maximum absolute atomic E-state index is 13.7. The number of carbonyl (C=O) groups excluding carboxylic acids is 3. The van der Waals surface area contributed by atoms with Crippen molar-refractivity contribution in [1.82, 2.24) is 20.5 Å². The summed E-state index contributed by atoms with van der Waals surface area (Å²) in [4.78, 5) is 46.6. The van der Waals surface area contributed by atoms with Crippen molar-refractivity contribution < 1.29 is 19.5 Å². The van der Waals surface area contributed by atoms with E-state index in [-0.39, 0.29) is 37.1 Å². The van der Waals surface area contributed by atoms with E-state index in [1.807, 2.05) is 87.8 Å². The van der Waals surface area contributed by atoms with Crippen molar-refractivity contribution >= 4 is 29.1 Å². The molecule has 206 valence electrons. The number of nitrogens with one attached hydrogen (secondary N) is 2. The molecule has 1 fully saturated rings. The Kier molecular flexibility index (Phi) is 8.82. The summed E-state index contributed by atoms with van der Waals surface area (Å²) >= 11 is 1.59. The van der Waals surface area contributed by atoms with Gasteiger partial charge < -0.3 is 20.6 Å². The largest absolute Gasteiger partial charge is 0.391 e. The maximum atomic E-state index is 13.7. The molecule has 8 nitrogen and oxygen atoms in total. The van der Waals surface area contributed by atoms with Crippen molar-refractivity contribution in [2.75, 3.05) is 6.54 Å². The molecular weight excluding hydrogens is 512 g/mol. The highest BCUT2D eigenvalue weighted by Crippen LogP contribution is 2.28. The Morgan fingerprint density at radius 2 is 1.77 bits per heavy atom. The first-order chi connectivity index (χ1) is 18.5. The topological polar surface area (TPSA) is 112 Å². The Morgan fingerprint density at radius 1 is 1.08 bits per heavy atom. The number of rotatable bonds is 8. The molecule has 0 radical (unpaired) electrons. The van der Waals surface area contributed by atoms with Crippen LogP contribution in [0.5, 0.6) is 0 Å². The Labute approximate surface area is 233 Å². The number of β-amino-alcohol motifs (C(OH)–C–C–N with tert-alkyl or cyclic N) is 1. The van der Waals surface area contributed by atoms with Crippen molar-refractivity contribution in [3.63, 3.8) is 0 Å². The van der Waals surface area contributed by atoms with Crippen LogP contribution in [0.25, 0.3) is 10.4 Å². The lowest BCUT2D eigenvalue weighted by Crippen LogP contribution is -2.58. The molecule has 0 saturated carbocycles. The van der Waals surface area contributed by atoms with Crippen LogP contribution in [0.2, 0.25) is 0 Å². The number of hydrogen-bond donors (Lipinski definition) is 3. The van der Waals surface area contributed by atoms with Gasteiger partial charge in [0, 0.05) is 19.5 Å². The van der Waals surface area contributed by atoms with Gasteiger partial charge in [-0.1, -0.05) is 75.4 Å². The molecule has 9 heteroatoms. The minimum atomic E-state index is -0.850. The van der Waals surface area contributed by atoms with Gasteiger partial charge in [-0.3, -0.25) is 14.4 Å². The number of amides is 3. The Balaban J connectivity index is 1.41. The van der Waals surface area contributed by atoms with E-state index in [2.05, 4.69) is 15.6 Å². The first kappa shape index (κ1) is 28.4. The molecule has 1 aliphatic rings. The lowest BCUT2D eigenvalue weighted by atomic mass is 9.85. The van der Waals surface area contributed by atoms with Crippen molar-refractivity contribution in [2.45, 2.75) is 65.3 Å². The molecule has 3 amide bonds. The van der Waals surface area contributed by atoms with Crippen LogP contribution in [0, 0.1) is 12.3 Å². The van der Waals surface area contributed by atoms with E-state index in [1.54, 1.807) is 11.3 Å². The van der Waals surface area contributed by atoms with Crippen molar-refractivity contribution in [1.29, 1.82) is 0 Å². The SMILES string of the molecule is Cc1ncsc1-c1ccc(CNC(=O)C2CC(O)CN2C(=O)C(NC(=O)Cc2ccccc2)C(C)(C)C)cc1. The first-order valence-electron chi connectivity index (χ1n) is 13.1. The molecule has 2 aromatic carbocycles. The van der Waals surface area contributed by atoms with Gasteiger partial charge in [-0.15, -0.1) is 11.3 Å². The molecule has 1 aromatic heterocycles. The number of nitrogens with zero attached hydrogens (tertiary/aromatic N) is 2. The molecule has 4 rings (SSSR count).